The number of alkyl halides is 3. The Hall–Kier alpha value is -3.00. The standard InChI is InChI=1S/C15H11NO6S.CHF3/c1-21-13-10(7-16)14-12(15(17)18)9-4-2-3-8(11(9)13)5-6-23(19,20)22-14;2-1(3)4/h2-4H,5-6H2,1H3,(H,17,18);1H. The largest absolute Gasteiger partial charge is 0.495 e. The highest BCUT2D eigenvalue weighted by Gasteiger charge is 2.31. The molecule has 0 amide bonds. The number of carboxylic acid groups (broad SMARTS) is 1. The predicted molar refractivity (Wildman–Crippen MR) is 87.4 cm³/mol. The fraction of sp³-hybridized carbons (Fsp3) is 0.250. The second-order valence-electron chi connectivity index (χ2n) is 5.21. The van der Waals surface area contributed by atoms with Gasteiger partial charge in [0.15, 0.2) is 5.75 Å². The molecule has 0 unspecified atom stereocenters. The van der Waals surface area contributed by atoms with Gasteiger partial charge in [-0.25, -0.2) is 4.79 Å². The molecule has 0 spiro atoms. The topological polar surface area (TPSA) is 114 Å². The quantitative estimate of drug-likeness (QED) is 0.767. The smallest absolute Gasteiger partial charge is 0.379 e. The number of carboxylic acids is 1. The van der Waals surface area contributed by atoms with E-state index in [0.717, 1.165) is 0 Å². The lowest BCUT2D eigenvalue weighted by Crippen LogP contribution is -2.17. The normalized spacial score (nSPS) is 14.4. The molecule has 4 bridgehead atoms. The Morgan fingerprint density at radius 1 is 1.37 bits per heavy atom. The monoisotopic (exact) mass is 403 g/mol. The molecular weight excluding hydrogens is 391 g/mol. The van der Waals surface area contributed by atoms with Gasteiger partial charge in [0, 0.05) is 10.8 Å². The van der Waals surface area contributed by atoms with Crippen molar-refractivity contribution in [2.24, 2.45) is 0 Å². The van der Waals surface area contributed by atoms with Gasteiger partial charge in [0.05, 0.1) is 12.9 Å². The number of halogens is 3. The van der Waals surface area contributed by atoms with Gasteiger partial charge in [-0.05, 0) is 12.0 Å². The predicted octanol–water partition coefficient (Wildman–Crippen LogP) is 2.86. The highest BCUT2D eigenvalue weighted by molar-refractivity contribution is 7.87. The number of methoxy groups -OCH3 is 1. The minimum absolute atomic E-state index is 0.121. The summed E-state index contributed by atoms with van der Waals surface area (Å²) in [4.78, 5) is 11.7. The molecule has 2 aromatic carbocycles. The summed E-state index contributed by atoms with van der Waals surface area (Å²) in [6.45, 7) is -3.67. The molecule has 7 nitrogen and oxygen atoms in total. The van der Waals surface area contributed by atoms with Crippen molar-refractivity contribution in [2.75, 3.05) is 12.9 Å². The van der Waals surface area contributed by atoms with Crippen molar-refractivity contribution < 1.29 is 40.4 Å². The molecule has 0 saturated heterocycles. The van der Waals surface area contributed by atoms with Crippen LogP contribution >= 0.6 is 0 Å². The number of hydrogen-bond donors (Lipinski definition) is 1. The molecule has 2 aliphatic rings. The average Bonchev–Trinajstić information content (AvgIpc) is 2.62. The van der Waals surface area contributed by atoms with Crippen molar-refractivity contribution in [3.63, 3.8) is 0 Å². The Morgan fingerprint density at radius 3 is 2.52 bits per heavy atom. The van der Waals surface area contributed by atoms with Crippen LogP contribution in [-0.2, 0) is 16.5 Å². The summed E-state index contributed by atoms with van der Waals surface area (Å²) in [6, 6.07) is 6.66. The number of nitrogens with zero attached hydrogens (tertiary/aromatic N) is 1. The number of benzene rings is 2. The van der Waals surface area contributed by atoms with E-state index in [9.17, 15) is 36.8 Å². The summed E-state index contributed by atoms with van der Waals surface area (Å²) in [5, 5.41) is 19.6. The summed E-state index contributed by atoms with van der Waals surface area (Å²) in [5.41, 5.74) is -0.0148. The number of carbonyl (C=O) groups is 1. The molecule has 2 aromatic rings. The molecule has 0 saturated carbocycles. The van der Waals surface area contributed by atoms with E-state index in [0.29, 0.717) is 10.9 Å². The molecule has 144 valence electrons. The van der Waals surface area contributed by atoms with Gasteiger partial charge in [-0.2, -0.15) is 26.9 Å². The van der Waals surface area contributed by atoms with Gasteiger partial charge < -0.3 is 14.0 Å². The van der Waals surface area contributed by atoms with Crippen LogP contribution in [0.3, 0.4) is 0 Å². The van der Waals surface area contributed by atoms with E-state index in [4.69, 9.17) is 8.92 Å². The first-order chi connectivity index (χ1) is 12.6. The van der Waals surface area contributed by atoms with Gasteiger partial charge in [-0.15, -0.1) is 0 Å². The average molecular weight is 403 g/mol. The van der Waals surface area contributed by atoms with E-state index in [2.05, 4.69) is 0 Å². The zero-order valence-electron chi connectivity index (χ0n) is 13.7. The van der Waals surface area contributed by atoms with Crippen molar-refractivity contribution in [3.8, 4) is 17.6 Å². The van der Waals surface area contributed by atoms with Crippen LogP contribution in [0.25, 0.3) is 10.8 Å². The number of nitriles is 1. The maximum Gasteiger partial charge on any atom is 0.379 e. The molecule has 11 heteroatoms. The summed E-state index contributed by atoms with van der Waals surface area (Å²) >= 11 is 0. The molecule has 0 atom stereocenters. The first-order valence-electron chi connectivity index (χ1n) is 7.26. The Kier molecular flexibility index (Phi) is 5.80. The number of rotatable bonds is 2. The van der Waals surface area contributed by atoms with Gasteiger partial charge in [-0.1, -0.05) is 18.2 Å². The second kappa shape index (κ2) is 7.71. The molecule has 0 aromatic heterocycles. The lowest BCUT2D eigenvalue weighted by atomic mass is 9.94. The van der Waals surface area contributed by atoms with Gasteiger partial charge in [0.25, 0.3) is 0 Å². The number of ether oxygens (including phenoxy) is 1. The number of fused-ring (bicyclic) bond motifs is 4. The van der Waals surface area contributed by atoms with Crippen LogP contribution in [0.1, 0.15) is 21.5 Å². The number of hydrogen-bond acceptors (Lipinski definition) is 6. The van der Waals surface area contributed by atoms with Crippen molar-refractivity contribution in [3.05, 3.63) is 34.9 Å². The van der Waals surface area contributed by atoms with Gasteiger partial charge >= 0.3 is 22.8 Å². The molecule has 2 aliphatic heterocycles. The summed E-state index contributed by atoms with van der Waals surface area (Å²) < 4.78 is 63.4. The SMILES string of the molecule is COc1c(C#N)c2c(C(=O)O)c3cccc(c13)CCS(=O)(=O)O2.FC(F)F. The first kappa shape index (κ1) is 20.3. The van der Waals surface area contributed by atoms with Crippen LogP contribution in [0.5, 0.6) is 11.5 Å². The van der Waals surface area contributed by atoms with Crippen LogP contribution in [0, 0.1) is 11.3 Å². The molecule has 0 radical (unpaired) electrons. The summed E-state index contributed by atoms with van der Waals surface area (Å²) in [5.74, 6) is -2.08. The molecule has 4 rings (SSSR count). The maximum atomic E-state index is 12.1. The maximum absolute atomic E-state index is 12.1. The third-order valence-corrected chi connectivity index (χ3v) is 4.81. The van der Waals surface area contributed by atoms with Crippen molar-refractivity contribution in [1.29, 1.82) is 5.26 Å². The van der Waals surface area contributed by atoms with Gasteiger partial charge in [0.2, 0.25) is 0 Å². The van der Waals surface area contributed by atoms with Crippen LogP contribution in [0.15, 0.2) is 18.2 Å². The number of aryl methyl sites for hydroxylation is 1. The fourth-order valence-electron chi connectivity index (χ4n) is 2.77. The van der Waals surface area contributed by atoms with Crippen LogP contribution in [-0.4, -0.2) is 39.0 Å². The molecule has 0 fully saturated rings. The van der Waals surface area contributed by atoms with E-state index < -0.39 is 28.5 Å². The van der Waals surface area contributed by atoms with Crippen molar-refractivity contribution in [1.82, 2.24) is 0 Å². The zero-order valence-corrected chi connectivity index (χ0v) is 14.5. The highest BCUT2D eigenvalue weighted by Crippen LogP contribution is 2.43. The lowest BCUT2D eigenvalue weighted by Gasteiger charge is -2.15. The van der Waals surface area contributed by atoms with E-state index >= 15 is 0 Å². The third-order valence-electron chi connectivity index (χ3n) is 3.69. The minimum atomic E-state index is -4.04. The highest BCUT2D eigenvalue weighted by atomic mass is 32.2. The lowest BCUT2D eigenvalue weighted by molar-refractivity contribution is 0.00817. The van der Waals surface area contributed by atoms with E-state index in [1.807, 2.05) is 0 Å². The Balaban J connectivity index is 0.000000596. The van der Waals surface area contributed by atoms with Crippen LogP contribution in [0.2, 0.25) is 0 Å². The zero-order chi connectivity index (χ0) is 20.4. The molecule has 0 aliphatic carbocycles. The van der Waals surface area contributed by atoms with Crippen molar-refractivity contribution >= 4 is 26.9 Å². The van der Waals surface area contributed by atoms with Gasteiger partial charge in [-0.3, -0.25) is 0 Å². The Morgan fingerprint density at radius 2 is 2.00 bits per heavy atom. The number of aromatic carboxylic acids is 1. The van der Waals surface area contributed by atoms with E-state index in [-0.39, 0.29) is 34.4 Å². The molecule has 2 heterocycles. The molecular formula is C16H12F3NO6S. The second-order valence-corrected chi connectivity index (χ2v) is 6.90. The summed E-state index contributed by atoms with van der Waals surface area (Å²) in [6.07, 6.45) is 0.122. The summed E-state index contributed by atoms with van der Waals surface area (Å²) in [7, 11) is -2.70. The third kappa shape index (κ3) is 4.06. The van der Waals surface area contributed by atoms with Crippen LogP contribution < -0.4 is 8.92 Å². The molecule has 27 heavy (non-hydrogen) atoms. The Bertz CT molecular complexity index is 1040. The van der Waals surface area contributed by atoms with E-state index in [1.165, 1.54) is 13.2 Å². The van der Waals surface area contributed by atoms with E-state index in [1.54, 1.807) is 18.2 Å². The first-order valence-corrected chi connectivity index (χ1v) is 8.84. The minimum Gasteiger partial charge on any atom is -0.495 e. The van der Waals surface area contributed by atoms with Crippen LogP contribution in [0.4, 0.5) is 13.2 Å². The molecule has 1 N–H and O–H groups in total. The Labute approximate surface area is 151 Å². The van der Waals surface area contributed by atoms with Gasteiger partial charge in [0.1, 0.15) is 22.9 Å². The van der Waals surface area contributed by atoms with Crippen molar-refractivity contribution in [2.45, 2.75) is 13.1 Å². The fourth-order valence-corrected chi connectivity index (χ4v) is 3.74.